The standard InChI is InChI=1S/C14H22N2O/c1-3-12(2)16-14(17)15-11-7-10-13-8-5-4-6-9-13/h4-6,8-9,12H,3,7,10-11H2,1-2H3,(H2,15,16,17). The lowest BCUT2D eigenvalue weighted by atomic mass is 10.1. The van der Waals surface area contributed by atoms with Gasteiger partial charge < -0.3 is 10.6 Å². The molecule has 1 atom stereocenters. The van der Waals surface area contributed by atoms with Crippen LogP contribution in [0.4, 0.5) is 4.79 Å². The van der Waals surface area contributed by atoms with Gasteiger partial charge in [0.15, 0.2) is 0 Å². The van der Waals surface area contributed by atoms with Crippen LogP contribution >= 0.6 is 0 Å². The molecule has 1 aromatic rings. The SMILES string of the molecule is CCC(C)NC(=O)NCCCc1ccccc1. The number of hydrogen-bond acceptors (Lipinski definition) is 1. The zero-order valence-corrected chi connectivity index (χ0v) is 10.7. The van der Waals surface area contributed by atoms with Gasteiger partial charge >= 0.3 is 6.03 Å². The number of aryl methyl sites for hydroxylation is 1. The summed E-state index contributed by atoms with van der Waals surface area (Å²) in [5.41, 5.74) is 1.32. The van der Waals surface area contributed by atoms with Gasteiger partial charge in [-0.1, -0.05) is 37.3 Å². The Balaban J connectivity index is 2.10. The third kappa shape index (κ3) is 5.95. The van der Waals surface area contributed by atoms with Gasteiger partial charge in [0, 0.05) is 12.6 Å². The number of carbonyl (C=O) groups excluding carboxylic acids is 1. The molecule has 0 fully saturated rings. The Morgan fingerprint density at radius 2 is 2.00 bits per heavy atom. The molecule has 17 heavy (non-hydrogen) atoms. The van der Waals surface area contributed by atoms with Crippen molar-refractivity contribution in [1.29, 1.82) is 0 Å². The van der Waals surface area contributed by atoms with Crippen LogP contribution in [0.25, 0.3) is 0 Å². The normalized spacial score (nSPS) is 11.9. The topological polar surface area (TPSA) is 41.1 Å². The van der Waals surface area contributed by atoms with Crippen molar-refractivity contribution in [3.8, 4) is 0 Å². The molecule has 0 saturated heterocycles. The molecule has 0 spiro atoms. The Morgan fingerprint density at radius 3 is 2.65 bits per heavy atom. The van der Waals surface area contributed by atoms with Crippen molar-refractivity contribution in [2.75, 3.05) is 6.54 Å². The number of amides is 2. The van der Waals surface area contributed by atoms with Crippen LogP contribution in [0.1, 0.15) is 32.3 Å². The predicted octanol–water partition coefficient (Wildman–Crippen LogP) is 2.72. The second-order valence-corrected chi connectivity index (χ2v) is 4.30. The zero-order valence-electron chi connectivity index (χ0n) is 10.7. The number of nitrogens with one attached hydrogen (secondary N) is 2. The Hall–Kier alpha value is -1.51. The van der Waals surface area contributed by atoms with Crippen molar-refractivity contribution in [1.82, 2.24) is 10.6 Å². The number of urea groups is 1. The summed E-state index contributed by atoms with van der Waals surface area (Å²) in [6, 6.07) is 10.5. The smallest absolute Gasteiger partial charge is 0.314 e. The van der Waals surface area contributed by atoms with Gasteiger partial charge in [-0.25, -0.2) is 4.79 Å². The summed E-state index contributed by atoms with van der Waals surface area (Å²) in [5.74, 6) is 0. The molecule has 0 aromatic heterocycles. The van der Waals surface area contributed by atoms with E-state index < -0.39 is 0 Å². The molecule has 2 amide bonds. The lowest BCUT2D eigenvalue weighted by Gasteiger charge is -2.12. The van der Waals surface area contributed by atoms with E-state index in [0.29, 0.717) is 0 Å². The third-order valence-electron chi connectivity index (χ3n) is 2.76. The van der Waals surface area contributed by atoms with E-state index in [1.165, 1.54) is 5.56 Å². The van der Waals surface area contributed by atoms with Crippen molar-refractivity contribution in [2.24, 2.45) is 0 Å². The second-order valence-electron chi connectivity index (χ2n) is 4.30. The maximum atomic E-state index is 11.4. The van der Waals surface area contributed by atoms with Gasteiger partial charge in [-0.2, -0.15) is 0 Å². The van der Waals surface area contributed by atoms with Gasteiger partial charge in [-0.05, 0) is 31.7 Å². The van der Waals surface area contributed by atoms with Gasteiger partial charge in [0.2, 0.25) is 0 Å². The molecule has 0 radical (unpaired) electrons. The minimum Gasteiger partial charge on any atom is -0.338 e. The maximum absolute atomic E-state index is 11.4. The molecule has 1 aromatic carbocycles. The molecule has 1 unspecified atom stereocenters. The van der Waals surface area contributed by atoms with Crippen LogP contribution in [0.2, 0.25) is 0 Å². The van der Waals surface area contributed by atoms with Gasteiger partial charge in [0.05, 0.1) is 0 Å². The predicted molar refractivity (Wildman–Crippen MR) is 71.1 cm³/mol. The quantitative estimate of drug-likeness (QED) is 0.730. The van der Waals surface area contributed by atoms with E-state index in [2.05, 4.69) is 29.7 Å². The van der Waals surface area contributed by atoms with E-state index in [4.69, 9.17) is 0 Å². The van der Waals surface area contributed by atoms with Crippen molar-refractivity contribution in [3.63, 3.8) is 0 Å². The van der Waals surface area contributed by atoms with E-state index in [1.54, 1.807) is 0 Å². The monoisotopic (exact) mass is 234 g/mol. The summed E-state index contributed by atoms with van der Waals surface area (Å²) in [6.45, 7) is 4.78. The minimum atomic E-state index is -0.0626. The lowest BCUT2D eigenvalue weighted by Crippen LogP contribution is -2.40. The van der Waals surface area contributed by atoms with Crippen molar-refractivity contribution in [2.45, 2.75) is 39.2 Å². The van der Waals surface area contributed by atoms with Crippen LogP contribution in [0.15, 0.2) is 30.3 Å². The summed E-state index contributed by atoms with van der Waals surface area (Å²) in [6.07, 6.45) is 2.93. The van der Waals surface area contributed by atoms with Gasteiger partial charge in [0.25, 0.3) is 0 Å². The first-order valence-electron chi connectivity index (χ1n) is 6.30. The second kappa shape index (κ2) is 7.71. The fraction of sp³-hybridized carbons (Fsp3) is 0.500. The molecule has 1 rings (SSSR count). The highest BCUT2D eigenvalue weighted by molar-refractivity contribution is 5.74. The summed E-state index contributed by atoms with van der Waals surface area (Å²) >= 11 is 0. The maximum Gasteiger partial charge on any atom is 0.314 e. The Labute approximate surface area is 104 Å². The molecule has 0 aliphatic rings. The van der Waals surface area contributed by atoms with Gasteiger partial charge in [0.1, 0.15) is 0 Å². The first-order valence-corrected chi connectivity index (χ1v) is 6.30. The van der Waals surface area contributed by atoms with E-state index in [0.717, 1.165) is 25.8 Å². The van der Waals surface area contributed by atoms with Gasteiger partial charge in [-0.3, -0.25) is 0 Å². The highest BCUT2D eigenvalue weighted by Gasteiger charge is 2.03. The average Bonchev–Trinajstić information content (AvgIpc) is 2.36. The van der Waals surface area contributed by atoms with E-state index in [9.17, 15) is 4.79 Å². The molecular weight excluding hydrogens is 212 g/mol. The molecule has 0 heterocycles. The fourth-order valence-corrected chi connectivity index (χ4v) is 1.52. The first-order chi connectivity index (χ1) is 8.22. The average molecular weight is 234 g/mol. The Morgan fingerprint density at radius 1 is 1.29 bits per heavy atom. The Kier molecular flexibility index (Phi) is 6.15. The molecule has 0 saturated carbocycles. The van der Waals surface area contributed by atoms with Crippen LogP contribution in [0.3, 0.4) is 0 Å². The zero-order chi connectivity index (χ0) is 12.5. The van der Waals surface area contributed by atoms with Crippen LogP contribution in [0.5, 0.6) is 0 Å². The number of benzene rings is 1. The largest absolute Gasteiger partial charge is 0.338 e. The van der Waals surface area contributed by atoms with Crippen molar-refractivity contribution < 1.29 is 4.79 Å². The summed E-state index contributed by atoms with van der Waals surface area (Å²) in [5, 5.41) is 5.75. The highest BCUT2D eigenvalue weighted by Crippen LogP contribution is 2.01. The van der Waals surface area contributed by atoms with Crippen molar-refractivity contribution in [3.05, 3.63) is 35.9 Å². The molecule has 3 heteroatoms. The molecule has 0 aliphatic carbocycles. The van der Waals surface area contributed by atoms with Gasteiger partial charge in [-0.15, -0.1) is 0 Å². The molecular formula is C14H22N2O. The van der Waals surface area contributed by atoms with E-state index >= 15 is 0 Å². The number of carbonyl (C=O) groups is 1. The van der Waals surface area contributed by atoms with Crippen LogP contribution in [-0.4, -0.2) is 18.6 Å². The number of rotatable bonds is 6. The highest BCUT2D eigenvalue weighted by atomic mass is 16.2. The molecule has 0 bridgehead atoms. The van der Waals surface area contributed by atoms with Crippen LogP contribution < -0.4 is 10.6 Å². The summed E-state index contributed by atoms with van der Waals surface area (Å²) in [4.78, 5) is 11.4. The van der Waals surface area contributed by atoms with E-state index in [-0.39, 0.29) is 12.1 Å². The number of hydrogen-bond donors (Lipinski definition) is 2. The van der Waals surface area contributed by atoms with Crippen LogP contribution in [0, 0.1) is 0 Å². The minimum absolute atomic E-state index is 0.0626. The first kappa shape index (κ1) is 13.6. The third-order valence-corrected chi connectivity index (χ3v) is 2.76. The Bertz CT molecular complexity index is 324. The molecule has 2 N–H and O–H groups in total. The fourth-order valence-electron chi connectivity index (χ4n) is 1.52. The van der Waals surface area contributed by atoms with Crippen LogP contribution in [-0.2, 0) is 6.42 Å². The molecule has 3 nitrogen and oxygen atoms in total. The lowest BCUT2D eigenvalue weighted by molar-refractivity contribution is 0.237. The molecule has 0 aliphatic heterocycles. The van der Waals surface area contributed by atoms with Crippen molar-refractivity contribution >= 4 is 6.03 Å². The summed E-state index contributed by atoms with van der Waals surface area (Å²) < 4.78 is 0. The van der Waals surface area contributed by atoms with E-state index in [1.807, 2.05) is 25.1 Å². The molecule has 94 valence electrons. The summed E-state index contributed by atoms with van der Waals surface area (Å²) in [7, 11) is 0.